The molecule has 3 aliphatic heterocycles. The van der Waals surface area contributed by atoms with E-state index in [0.29, 0.717) is 32.3 Å². The van der Waals surface area contributed by atoms with Crippen LogP contribution < -0.4 is 5.32 Å². The van der Waals surface area contributed by atoms with Crippen LogP contribution in [0, 0.1) is 12.8 Å². The summed E-state index contributed by atoms with van der Waals surface area (Å²) in [6, 6.07) is 10.5. The maximum absolute atomic E-state index is 14.3. The first-order chi connectivity index (χ1) is 16.3. The molecular formula is C23H18Cl3N5O2S. The van der Waals surface area contributed by atoms with Gasteiger partial charge in [-0.15, -0.1) is 11.8 Å². The van der Waals surface area contributed by atoms with Gasteiger partial charge in [0.25, 0.3) is 0 Å². The highest BCUT2D eigenvalue weighted by atomic mass is 35.5. The number of aromatic amines is 1. The summed E-state index contributed by atoms with van der Waals surface area (Å²) in [5.74, 6) is -0.296. The molecule has 0 saturated carbocycles. The van der Waals surface area contributed by atoms with E-state index in [1.807, 2.05) is 12.1 Å². The van der Waals surface area contributed by atoms with Crippen molar-refractivity contribution in [3.05, 3.63) is 74.0 Å². The van der Waals surface area contributed by atoms with Gasteiger partial charge in [-0.2, -0.15) is 15.4 Å². The van der Waals surface area contributed by atoms with Gasteiger partial charge in [-0.1, -0.05) is 46.9 Å². The second kappa shape index (κ2) is 7.96. The number of halogens is 3. The second-order valence-corrected chi connectivity index (χ2v) is 11.0. The van der Waals surface area contributed by atoms with Crippen molar-refractivity contribution in [2.24, 2.45) is 5.92 Å². The molecule has 1 unspecified atom stereocenters. The summed E-state index contributed by atoms with van der Waals surface area (Å²) in [7, 11) is 0. The van der Waals surface area contributed by atoms with Gasteiger partial charge < -0.3 is 5.32 Å². The van der Waals surface area contributed by atoms with Crippen molar-refractivity contribution < 1.29 is 9.59 Å². The smallest absolute Gasteiger partial charge is 0.250 e. The number of hydrogen-bond acceptors (Lipinski definition) is 6. The van der Waals surface area contributed by atoms with Crippen molar-refractivity contribution in [1.82, 2.24) is 20.3 Å². The Balaban J connectivity index is 1.64. The number of Topliss-reactive ketones (excluding diaryl/α,β-unsaturated/α-hetero) is 1. The Hall–Kier alpha value is -2.10. The van der Waals surface area contributed by atoms with Crippen LogP contribution in [-0.4, -0.2) is 49.7 Å². The average Bonchev–Trinajstić information content (AvgIpc) is 3.53. The topological polar surface area (TPSA) is 91.0 Å². The highest BCUT2D eigenvalue weighted by Gasteiger charge is 2.70. The predicted molar refractivity (Wildman–Crippen MR) is 133 cm³/mol. The summed E-state index contributed by atoms with van der Waals surface area (Å²) < 4.78 is 0. The first-order valence-electron chi connectivity index (χ1n) is 10.7. The summed E-state index contributed by atoms with van der Waals surface area (Å²) >= 11 is 20.9. The summed E-state index contributed by atoms with van der Waals surface area (Å²) in [6.07, 6.45) is 0. The lowest BCUT2D eigenvalue weighted by Gasteiger charge is -2.36. The zero-order valence-electron chi connectivity index (χ0n) is 17.8. The van der Waals surface area contributed by atoms with Crippen LogP contribution in [0.4, 0.5) is 5.69 Å². The van der Waals surface area contributed by atoms with Gasteiger partial charge in [0.2, 0.25) is 5.91 Å². The largest absolute Gasteiger partial charge is 0.324 e. The summed E-state index contributed by atoms with van der Waals surface area (Å²) in [5, 5.41) is 15.2. The Labute approximate surface area is 214 Å². The normalized spacial score (nSPS) is 27.8. The number of anilines is 1. The molecule has 4 heterocycles. The number of amides is 1. The van der Waals surface area contributed by atoms with Gasteiger partial charge in [0.15, 0.2) is 11.5 Å². The van der Waals surface area contributed by atoms with E-state index in [0.717, 1.165) is 16.9 Å². The number of carbonyl (C=O) groups is 2. The fraction of sp³-hybridized carbons (Fsp3) is 0.304. The summed E-state index contributed by atoms with van der Waals surface area (Å²) in [5.41, 5.74) is 1.62. The predicted octanol–water partition coefficient (Wildman–Crippen LogP) is 4.89. The molecule has 3 aliphatic rings. The second-order valence-electron chi connectivity index (χ2n) is 8.74. The number of aryl methyl sites for hydroxylation is 1. The first kappa shape index (κ1) is 22.4. The molecule has 4 atom stereocenters. The Kier molecular flexibility index (Phi) is 5.24. The van der Waals surface area contributed by atoms with E-state index >= 15 is 0 Å². The molecule has 2 aromatic carbocycles. The number of thioether (sulfide) groups is 1. The fourth-order valence-electron chi connectivity index (χ4n) is 5.84. The zero-order chi connectivity index (χ0) is 23.8. The van der Waals surface area contributed by atoms with E-state index < -0.39 is 11.5 Å². The monoisotopic (exact) mass is 533 g/mol. The van der Waals surface area contributed by atoms with Crippen molar-refractivity contribution in [2.75, 3.05) is 16.9 Å². The molecule has 0 radical (unpaired) electrons. The number of nitrogens with one attached hydrogen (secondary N) is 2. The van der Waals surface area contributed by atoms with E-state index in [1.165, 1.54) is 0 Å². The molecule has 2 saturated heterocycles. The van der Waals surface area contributed by atoms with Crippen LogP contribution in [0.15, 0.2) is 36.4 Å². The van der Waals surface area contributed by atoms with Crippen molar-refractivity contribution in [3.63, 3.8) is 0 Å². The number of benzene rings is 2. The number of fused-ring (bicyclic) bond motifs is 4. The summed E-state index contributed by atoms with van der Waals surface area (Å²) in [4.78, 5) is 30.4. The molecule has 1 spiro atoms. The molecular weight excluding hydrogens is 517 g/mol. The number of aromatic nitrogens is 3. The Bertz CT molecular complexity index is 1360. The van der Waals surface area contributed by atoms with Gasteiger partial charge in [0.1, 0.15) is 5.54 Å². The third-order valence-corrected chi connectivity index (χ3v) is 8.98. The van der Waals surface area contributed by atoms with E-state index in [-0.39, 0.29) is 29.3 Å². The molecule has 174 valence electrons. The van der Waals surface area contributed by atoms with Crippen LogP contribution in [0.2, 0.25) is 15.1 Å². The van der Waals surface area contributed by atoms with E-state index in [4.69, 9.17) is 34.8 Å². The fourth-order valence-corrected chi connectivity index (χ4v) is 7.87. The molecule has 3 aromatic rings. The van der Waals surface area contributed by atoms with Crippen LogP contribution in [0.25, 0.3) is 0 Å². The Morgan fingerprint density at radius 2 is 1.91 bits per heavy atom. The Morgan fingerprint density at radius 1 is 1.15 bits per heavy atom. The van der Waals surface area contributed by atoms with Crippen molar-refractivity contribution in [1.29, 1.82) is 0 Å². The lowest BCUT2D eigenvalue weighted by Crippen LogP contribution is -2.52. The highest BCUT2D eigenvalue weighted by molar-refractivity contribution is 7.99. The molecule has 7 nitrogen and oxygen atoms in total. The van der Waals surface area contributed by atoms with Crippen LogP contribution in [-0.2, 0) is 10.3 Å². The highest BCUT2D eigenvalue weighted by Crippen LogP contribution is 2.62. The number of H-pyrrole nitrogens is 1. The SMILES string of the molecule is Cc1n[nH]nc1C(=O)[C@H]1[C@H](c2ccc(Cl)cc2Cl)C2CSCN2[C@]12C(=O)Nc1cc(Cl)ccc12. The molecule has 6 rings (SSSR count). The summed E-state index contributed by atoms with van der Waals surface area (Å²) in [6.45, 7) is 1.72. The maximum atomic E-state index is 14.3. The van der Waals surface area contributed by atoms with Crippen molar-refractivity contribution in [2.45, 2.75) is 24.4 Å². The van der Waals surface area contributed by atoms with Gasteiger partial charge in [-0.05, 0) is 36.8 Å². The third kappa shape index (κ3) is 2.96. The van der Waals surface area contributed by atoms with Crippen LogP contribution >= 0.6 is 46.6 Å². The number of ketones is 1. The number of rotatable bonds is 3. The molecule has 0 aliphatic carbocycles. The van der Waals surface area contributed by atoms with Gasteiger partial charge in [0.05, 0.1) is 11.6 Å². The van der Waals surface area contributed by atoms with Crippen molar-refractivity contribution >= 4 is 63.9 Å². The zero-order valence-corrected chi connectivity index (χ0v) is 20.9. The minimum atomic E-state index is -1.23. The minimum absolute atomic E-state index is 0.0998. The molecule has 2 N–H and O–H groups in total. The van der Waals surface area contributed by atoms with Crippen LogP contribution in [0.5, 0.6) is 0 Å². The quantitative estimate of drug-likeness (QED) is 0.465. The standard InChI is InChI=1S/C23H18Cl3N5O2S/c1-10-20(29-30-28-10)21(32)19-18(13-4-2-11(24)6-15(13)26)17-8-34-9-31(17)23(19)14-5-3-12(25)7-16(14)27-22(23)33/h2-7,17-19H,8-9H2,1H3,(H,27,33)(H,28,29,30)/t17?,18-,19-,23+/m1/s1. The number of nitrogens with zero attached hydrogens (tertiary/aromatic N) is 3. The van der Waals surface area contributed by atoms with Crippen LogP contribution in [0.3, 0.4) is 0 Å². The first-order valence-corrected chi connectivity index (χ1v) is 13.0. The van der Waals surface area contributed by atoms with E-state index in [9.17, 15) is 9.59 Å². The van der Waals surface area contributed by atoms with Gasteiger partial charge in [0, 0.05) is 49.9 Å². The third-order valence-electron chi connectivity index (χ3n) is 7.14. The number of carbonyl (C=O) groups excluding carboxylic acids is 2. The number of hydrogen-bond donors (Lipinski definition) is 2. The maximum Gasteiger partial charge on any atom is 0.250 e. The molecule has 2 fully saturated rings. The molecule has 11 heteroatoms. The van der Waals surface area contributed by atoms with Gasteiger partial charge in [-0.3, -0.25) is 14.5 Å². The molecule has 34 heavy (non-hydrogen) atoms. The van der Waals surface area contributed by atoms with E-state index in [1.54, 1.807) is 43.0 Å². The molecule has 1 amide bonds. The van der Waals surface area contributed by atoms with Gasteiger partial charge in [-0.25, -0.2) is 0 Å². The lowest BCUT2D eigenvalue weighted by atomic mass is 9.70. The molecule has 0 bridgehead atoms. The molecule has 1 aromatic heterocycles. The average molecular weight is 535 g/mol. The Morgan fingerprint density at radius 3 is 2.65 bits per heavy atom. The van der Waals surface area contributed by atoms with Gasteiger partial charge >= 0.3 is 0 Å². The minimum Gasteiger partial charge on any atom is -0.324 e. The van der Waals surface area contributed by atoms with Crippen LogP contribution in [0.1, 0.15) is 33.2 Å². The lowest BCUT2D eigenvalue weighted by molar-refractivity contribution is -0.127. The van der Waals surface area contributed by atoms with Crippen molar-refractivity contribution in [3.8, 4) is 0 Å². The van der Waals surface area contributed by atoms with E-state index in [2.05, 4.69) is 25.6 Å².